The summed E-state index contributed by atoms with van der Waals surface area (Å²) in [6, 6.07) is 16.8. The van der Waals surface area contributed by atoms with Crippen LogP contribution in [0.2, 0.25) is 0 Å². The van der Waals surface area contributed by atoms with Crippen molar-refractivity contribution in [3.05, 3.63) is 81.7 Å². The summed E-state index contributed by atoms with van der Waals surface area (Å²) in [7, 11) is 0. The van der Waals surface area contributed by atoms with Crippen LogP contribution in [0.4, 0.5) is 10.7 Å². The van der Waals surface area contributed by atoms with Gasteiger partial charge in [-0.1, -0.05) is 37.3 Å². The smallest absolute Gasteiger partial charge is 0.258 e. The highest BCUT2D eigenvalue weighted by atomic mass is 32.1. The molecule has 2 N–H and O–H groups in total. The minimum absolute atomic E-state index is 0.161. The van der Waals surface area contributed by atoms with Gasteiger partial charge in [0.2, 0.25) is 0 Å². The molecule has 4 nitrogen and oxygen atoms in total. The van der Waals surface area contributed by atoms with E-state index in [9.17, 15) is 9.59 Å². The van der Waals surface area contributed by atoms with E-state index in [1.165, 1.54) is 16.2 Å². The second kappa shape index (κ2) is 8.21. The molecule has 0 spiro atoms. The molecular formula is C24H24N2O2S. The van der Waals surface area contributed by atoms with Crippen LogP contribution in [0.3, 0.4) is 0 Å². The standard InChI is InChI=1S/C24H24N2O2S/c1-15-7-6-10-18(13-15)25-23(28)21-19-12-11-16(2)14-20(19)29-24(21)26-22(27)17-8-4-3-5-9-17/h3-10,13,16H,11-12,14H2,1-2H3,(H,25,28)(H,26,27). The van der Waals surface area contributed by atoms with Crippen molar-refractivity contribution in [2.45, 2.75) is 33.1 Å². The van der Waals surface area contributed by atoms with Crippen molar-refractivity contribution in [1.29, 1.82) is 0 Å². The summed E-state index contributed by atoms with van der Waals surface area (Å²) in [5.41, 5.74) is 4.13. The van der Waals surface area contributed by atoms with Crippen LogP contribution < -0.4 is 10.6 Å². The Hall–Kier alpha value is -2.92. The number of carbonyl (C=O) groups excluding carboxylic acids is 2. The number of thiophene rings is 1. The van der Waals surface area contributed by atoms with Gasteiger partial charge in [0, 0.05) is 16.1 Å². The Morgan fingerprint density at radius 2 is 1.79 bits per heavy atom. The van der Waals surface area contributed by atoms with Crippen LogP contribution >= 0.6 is 11.3 Å². The van der Waals surface area contributed by atoms with Crippen molar-refractivity contribution >= 4 is 33.8 Å². The maximum atomic E-state index is 13.2. The van der Waals surface area contributed by atoms with Gasteiger partial charge >= 0.3 is 0 Å². The summed E-state index contributed by atoms with van der Waals surface area (Å²) >= 11 is 1.54. The maximum absolute atomic E-state index is 13.2. The van der Waals surface area contributed by atoms with Crippen LogP contribution in [0.25, 0.3) is 0 Å². The normalized spacial score (nSPS) is 15.4. The van der Waals surface area contributed by atoms with Gasteiger partial charge in [0.25, 0.3) is 11.8 Å². The van der Waals surface area contributed by atoms with Crippen molar-refractivity contribution < 1.29 is 9.59 Å². The molecule has 1 unspecified atom stereocenters. The molecular weight excluding hydrogens is 380 g/mol. The Kier molecular flexibility index (Phi) is 5.49. The predicted molar refractivity (Wildman–Crippen MR) is 119 cm³/mol. The van der Waals surface area contributed by atoms with Gasteiger partial charge in [-0.25, -0.2) is 0 Å². The molecule has 1 atom stereocenters. The monoisotopic (exact) mass is 404 g/mol. The first-order valence-corrected chi connectivity index (χ1v) is 10.7. The Morgan fingerprint density at radius 3 is 2.55 bits per heavy atom. The van der Waals surface area contributed by atoms with Gasteiger partial charge in [-0.2, -0.15) is 0 Å². The third-order valence-electron chi connectivity index (χ3n) is 5.28. The number of carbonyl (C=O) groups is 2. The Morgan fingerprint density at radius 1 is 1.00 bits per heavy atom. The summed E-state index contributed by atoms with van der Waals surface area (Å²) in [4.78, 5) is 27.2. The Bertz CT molecular complexity index is 1060. The van der Waals surface area contributed by atoms with Crippen LogP contribution in [0.1, 0.15) is 50.1 Å². The number of nitrogens with one attached hydrogen (secondary N) is 2. The minimum atomic E-state index is -0.193. The van der Waals surface area contributed by atoms with Crippen LogP contribution in [-0.2, 0) is 12.8 Å². The lowest BCUT2D eigenvalue weighted by Gasteiger charge is -2.18. The van der Waals surface area contributed by atoms with Crippen LogP contribution in [0.15, 0.2) is 54.6 Å². The molecule has 1 heterocycles. The van der Waals surface area contributed by atoms with E-state index in [-0.39, 0.29) is 11.8 Å². The van der Waals surface area contributed by atoms with Crippen molar-refractivity contribution in [1.82, 2.24) is 0 Å². The highest BCUT2D eigenvalue weighted by molar-refractivity contribution is 7.17. The average Bonchev–Trinajstić information content (AvgIpc) is 3.05. The number of rotatable bonds is 4. The lowest BCUT2D eigenvalue weighted by atomic mass is 9.88. The number of benzene rings is 2. The summed E-state index contributed by atoms with van der Waals surface area (Å²) < 4.78 is 0. The number of hydrogen-bond donors (Lipinski definition) is 2. The van der Waals surface area contributed by atoms with E-state index < -0.39 is 0 Å². The zero-order valence-electron chi connectivity index (χ0n) is 16.6. The maximum Gasteiger partial charge on any atom is 0.258 e. The quantitative estimate of drug-likeness (QED) is 0.587. The van der Waals surface area contributed by atoms with E-state index in [2.05, 4.69) is 17.6 Å². The van der Waals surface area contributed by atoms with Crippen molar-refractivity contribution in [2.75, 3.05) is 10.6 Å². The number of amides is 2. The zero-order valence-corrected chi connectivity index (χ0v) is 17.4. The number of hydrogen-bond acceptors (Lipinski definition) is 3. The molecule has 1 aromatic heterocycles. The number of aryl methyl sites for hydroxylation is 1. The molecule has 0 radical (unpaired) electrons. The minimum Gasteiger partial charge on any atom is -0.322 e. The first-order chi connectivity index (χ1) is 14.0. The van der Waals surface area contributed by atoms with E-state index in [0.717, 1.165) is 36.1 Å². The molecule has 29 heavy (non-hydrogen) atoms. The summed E-state index contributed by atoms with van der Waals surface area (Å²) in [6.07, 6.45) is 2.87. The van der Waals surface area contributed by atoms with Crippen LogP contribution in [0.5, 0.6) is 0 Å². The lowest BCUT2D eigenvalue weighted by Crippen LogP contribution is -2.19. The molecule has 3 aromatic rings. The van der Waals surface area contributed by atoms with Gasteiger partial charge in [0.05, 0.1) is 5.56 Å². The summed E-state index contributed by atoms with van der Waals surface area (Å²) in [6.45, 7) is 4.23. The molecule has 0 bridgehead atoms. The summed E-state index contributed by atoms with van der Waals surface area (Å²) in [5.74, 6) is 0.236. The molecule has 1 aliphatic rings. The molecule has 0 aliphatic heterocycles. The van der Waals surface area contributed by atoms with Gasteiger partial charge < -0.3 is 10.6 Å². The molecule has 0 saturated heterocycles. The fraction of sp³-hybridized carbons (Fsp3) is 0.250. The van der Waals surface area contributed by atoms with E-state index in [1.807, 2.05) is 49.4 Å². The molecule has 2 amide bonds. The van der Waals surface area contributed by atoms with E-state index in [4.69, 9.17) is 0 Å². The number of anilines is 2. The molecule has 5 heteroatoms. The molecule has 1 aliphatic carbocycles. The average molecular weight is 405 g/mol. The van der Waals surface area contributed by atoms with Crippen molar-refractivity contribution in [3.63, 3.8) is 0 Å². The Balaban J connectivity index is 1.67. The van der Waals surface area contributed by atoms with Crippen LogP contribution in [0, 0.1) is 12.8 Å². The van der Waals surface area contributed by atoms with Gasteiger partial charge in [-0.3, -0.25) is 9.59 Å². The SMILES string of the molecule is Cc1cccc(NC(=O)c2c(NC(=O)c3ccccc3)sc3c2CCC(C)C3)c1. The van der Waals surface area contributed by atoms with Gasteiger partial charge in [-0.05, 0) is 67.5 Å². The second-order valence-corrected chi connectivity index (χ2v) is 8.80. The van der Waals surface area contributed by atoms with Gasteiger partial charge in [0.15, 0.2) is 0 Å². The fourth-order valence-electron chi connectivity index (χ4n) is 3.76. The first-order valence-electron chi connectivity index (χ1n) is 9.90. The largest absolute Gasteiger partial charge is 0.322 e. The zero-order chi connectivity index (χ0) is 20.4. The van der Waals surface area contributed by atoms with E-state index >= 15 is 0 Å². The highest BCUT2D eigenvalue weighted by Gasteiger charge is 2.28. The van der Waals surface area contributed by atoms with Gasteiger partial charge in [-0.15, -0.1) is 11.3 Å². The van der Waals surface area contributed by atoms with Crippen molar-refractivity contribution in [2.24, 2.45) is 5.92 Å². The molecule has 0 saturated carbocycles. The first kappa shape index (κ1) is 19.4. The van der Waals surface area contributed by atoms with E-state index in [1.54, 1.807) is 12.1 Å². The van der Waals surface area contributed by atoms with Gasteiger partial charge in [0.1, 0.15) is 5.00 Å². The molecule has 4 rings (SSSR count). The third kappa shape index (κ3) is 4.25. The van der Waals surface area contributed by atoms with E-state index in [0.29, 0.717) is 22.0 Å². The topological polar surface area (TPSA) is 58.2 Å². The molecule has 0 fully saturated rings. The summed E-state index contributed by atoms with van der Waals surface area (Å²) in [5, 5.41) is 6.65. The molecule has 2 aromatic carbocycles. The van der Waals surface area contributed by atoms with Crippen molar-refractivity contribution in [3.8, 4) is 0 Å². The molecule has 148 valence electrons. The lowest BCUT2D eigenvalue weighted by molar-refractivity contribution is 0.102. The van der Waals surface area contributed by atoms with Crippen LogP contribution in [-0.4, -0.2) is 11.8 Å². The Labute approximate surface area is 175 Å². The number of fused-ring (bicyclic) bond motifs is 1. The fourth-order valence-corrected chi connectivity index (χ4v) is 5.16. The second-order valence-electron chi connectivity index (χ2n) is 7.70. The highest BCUT2D eigenvalue weighted by Crippen LogP contribution is 2.40. The third-order valence-corrected chi connectivity index (χ3v) is 6.45. The predicted octanol–water partition coefficient (Wildman–Crippen LogP) is 5.69.